The molecule has 0 aromatic carbocycles. The van der Waals surface area contributed by atoms with E-state index >= 15 is 0 Å². The van der Waals surface area contributed by atoms with E-state index in [4.69, 9.17) is 34.8 Å². The summed E-state index contributed by atoms with van der Waals surface area (Å²) < 4.78 is 0. The molecule has 0 heterocycles. The van der Waals surface area contributed by atoms with E-state index in [1.165, 1.54) is 83.5 Å². The molecule has 0 nitrogen and oxygen atoms in total. The smallest absolute Gasteiger partial charge is 0.107 e. The molecule has 0 radical (unpaired) electrons. The first kappa shape index (κ1) is 19.9. The van der Waals surface area contributed by atoms with Crippen LogP contribution in [-0.2, 0) is 0 Å². The fourth-order valence-corrected chi connectivity index (χ4v) is 2.84. The third-order valence-corrected chi connectivity index (χ3v) is 4.26. The third kappa shape index (κ3) is 18.9. The first-order valence-electron chi connectivity index (χ1n) is 8.11. The third-order valence-electron chi connectivity index (χ3n) is 3.56. The zero-order chi connectivity index (χ0) is 14.2. The van der Waals surface area contributed by atoms with E-state index < -0.39 is 0 Å². The summed E-state index contributed by atoms with van der Waals surface area (Å²) in [6.07, 6.45) is 18.5. The molecule has 0 N–H and O–H groups in total. The Labute approximate surface area is 135 Å². The van der Waals surface area contributed by atoms with E-state index in [1.54, 1.807) is 0 Å². The highest BCUT2D eigenvalue weighted by atomic mass is 35.5. The minimum Gasteiger partial charge on any atom is -0.127 e. The number of rotatable bonds is 15. The lowest BCUT2D eigenvalue weighted by Crippen LogP contribution is -1.87. The Bertz CT molecular complexity index is 160. The minimum absolute atomic E-state index is 0.163. The Kier molecular flexibility index (Phi) is 17.7. The lowest BCUT2D eigenvalue weighted by molar-refractivity contribution is 0.538. The van der Waals surface area contributed by atoms with Crippen LogP contribution in [-0.4, -0.2) is 10.7 Å². The van der Waals surface area contributed by atoms with Crippen molar-refractivity contribution in [3.63, 3.8) is 0 Å². The second-order valence-electron chi connectivity index (χ2n) is 5.46. The maximum Gasteiger partial charge on any atom is 0.107 e. The SMILES string of the molecule is ClCCCCCCCCCCCCCCCC(Cl)Cl. The molecule has 0 aromatic rings. The van der Waals surface area contributed by atoms with Crippen LogP contribution in [0.4, 0.5) is 0 Å². The Hall–Kier alpha value is 0.870. The Morgan fingerprint density at radius 1 is 0.474 bits per heavy atom. The maximum atomic E-state index is 5.69. The average Bonchev–Trinajstić information content (AvgIpc) is 2.39. The Balaban J connectivity index is 2.91. The van der Waals surface area contributed by atoms with Crippen LogP contribution in [0.15, 0.2) is 0 Å². The van der Waals surface area contributed by atoms with Gasteiger partial charge in [-0.3, -0.25) is 0 Å². The van der Waals surface area contributed by atoms with Crippen molar-refractivity contribution >= 4 is 34.8 Å². The van der Waals surface area contributed by atoms with Crippen LogP contribution < -0.4 is 0 Å². The highest BCUT2D eigenvalue weighted by molar-refractivity contribution is 6.44. The van der Waals surface area contributed by atoms with Crippen molar-refractivity contribution in [1.82, 2.24) is 0 Å². The van der Waals surface area contributed by atoms with Crippen LogP contribution in [0.1, 0.15) is 89.9 Å². The number of halogens is 3. The van der Waals surface area contributed by atoms with Gasteiger partial charge in [0.1, 0.15) is 4.84 Å². The molecule has 0 aromatic heterocycles. The van der Waals surface area contributed by atoms with Crippen LogP contribution in [0.5, 0.6) is 0 Å². The van der Waals surface area contributed by atoms with Crippen molar-refractivity contribution in [2.24, 2.45) is 0 Å². The second kappa shape index (κ2) is 16.9. The molecule has 3 heteroatoms. The monoisotopic (exact) mass is 328 g/mol. The summed E-state index contributed by atoms with van der Waals surface area (Å²) in [7, 11) is 0. The molecular formula is C16H31Cl3. The van der Waals surface area contributed by atoms with Gasteiger partial charge in [0.05, 0.1) is 0 Å². The van der Waals surface area contributed by atoms with Crippen LogP contribution in [0.25, 0.3) is 0 Å². The summed E-state index contributed by atoms with van der Waals surface area (Å²) in [4.78, 5) is -0.163. The van der Waals surface area contributed by atoms with Gasteiger partial charge in [0, 0.05) is 5.88 Å². The molecule has 0 unspecified atom stereocenters. The van der Waals surface area contributed by atoms with Crippen LogP contribution in [0.2, 0.25) is 0 Å². The van der Waals surface area contributed by atoms with Crippen LogP contribution >= 0.6 is 34.8 Å². The van der Waals surface area contributed by atoms with Gasteiger partial charge < -0.3 is 0 Å². The fraction of sp³-hybridized carbons (Fsp3) is 1.00. The number of unbranched alkanes of at least 4 members (excludes halogenated alkanes) is 12. The molecule has 0 atom stereocenters. The Morgan fingerprint density at radius 2 is 0.789 bits per heavy atom. The van der Waals surface area contributed by atoms with E-state index in [-0.39, 0.29) is 4.84 Å². The van der Waals surface area contributed by atoms with Gasteiger partial charge in [-0.15, -0.1) is 34.8 Å². The number of alkyl halides is 3. The van der Waals surface area contributed by atoms with E-state index in [1.807, 2.05) is 0 Å². The van der Waals surface area contributed by atoms with Crippen LogP contribution in [0.3, 0.4) is 0 Å². The lowest BCUT2D eigenvalue weighted by Gasteiger charge is -2.03. The highest BCUT2D eigenvalue weighted by Crippen LogP contribution is 2.15. The Morgan fingerprint density at radius 3 is 1.11 bits per heavy atom. The largest absolute Gasteiger partial charge is 0.127 e. The van der Waals surface area contributed by atoms with Gasteiger partial charge in [0.15, 0.2) is 0 Å². The quantitative estimate of drug-likeness (QED) is 0.215. The van der Waals surface area contributed by atoms with Gasteiger partial charge in [-0.1, -0.05) is 77.0 Å². The number of hydrogen-bond donors (Lipinski definition) is 0. The summed E-state index contributed by atoms with van der Waals surface area (Å²) in [6.45, 7) is 0. The van der Waals surface area contributed by atoms with E-state index in [2.05, 4.69) is 0 Å². The first-order chi connectivity index (χ1) is 9.27. The fourth-order valence-electron chi connectivity index (χ4n) is 2.34. The molecule has 0 aliphatic carbocycles. The summed E-state index contributed by atoms with van der Waals surface area (Å²) in [6, 6.07) is 0. The number of hydrogen-bond acceptors (Lipinski definition) is 0. The molecule has 116 valence electrons. The summed E-state index contributed by atoms with van der Waals surface area (Å²) in [5.74, 6) is 0.830. The van der Waals surface area contributed by atoms with Crippen molar-refractivity contribution in [2.45, 2.75) is 94.7 Å². The topological polar surface area (TPSA) is 0 Å². The van der Waals surface area contributed by atoms with E-state index in [9.17, 15) is 0 Å². The van der Waals surface area contributed by atoms with Gasteiger partial charge >= 0.3 is 0 Å². The van der Waals surface area contributed by atoms with Crippen molar-refractivity contribution < 1.29 is 0 Å². The zero-order valence-electron chi connectivity index (χ0n) is 12.3. The minimum atomic E-state index is -0.163. The molecule has 0 aliphatic heterocycles. The lowest BCUT2D eigenvalue weighted by atomic mass is 10.0. The standard InChI is InChI=1S/C16H31Cl3/c17-15-13-11-9-7-5-3-1-2-4-6-8-10-12-14-16(18)19/h16H,1-15H2. The predicted octanol–water partition coefficient (Wildman–Crippen LogP) is 7.49. The maximum absolute atomic E-state index is 5.69. The summed E-state index contributed by atoms with van der Waals surface area (Å²) in [5.41, 5.74) is 0. The molecule has 0 saturated heterocycles. The van der Waals surface area contributed by atoms with Gasteiger partial charge in [0.25, 0.3) is 0 Å². The van der Waals surface area contributed by atoms with Gasteiger partial charge in [-0.25, -0.2) is 0 Å². The first-order valence-corrected chi connectivity index (χ1v) is 9.52. The summed E-state index contributed by atoms with van der Waals surface area (Å²) >= 11 is 17.0. The zero-order valence-corrected chi connectivity index (χ0v) is 14.6. The molecule has 0 rings (SSSR count). The normalized spacial score (nSPS) is 11.4. The second-order valence-corrected chi connectivity index (χ2v) is 7.12. The molecule has 0 amide bonds. The molecule has 0 aliphatic rings. The summed E-state index contributed by atoms with van der Waals surface area (Å²) in [5, 5.41) is 0. The van der Waals surface area contributed by atoms with Gasteiger partial charge in [-0.05, 0) is 12.8 Å². The van der Waals surface area contributed by atoms with E-state index in [0.717, 1.165) is 12.3 Å². The van der Waals surface area contributed by atoms with Crippen molar-refractivity contribution in [2.75, 3.05) is 5.88 Å². The highest BCUT2D eigenvalue weighted by Gasteiger charge is 1.98. The van der Waals surface area contributed by atoms with E-state index in [0.29, 0.717) is 0 Å². The van der Waals surface area contributed by atoms with Crippen molar-refractivity contribution in [3.8, 4) is 0 Å². The molecule has 0 bridgehead atoms. The van der Waals surface area contributed by atoms with Crippen LogP contribution in [0, 0.1) is 0 Å². The van der Waals surface area contributed by atoms with Gasteiger partial charge in [0.2, 0.25) is 0 Å². The van der Waals surface area contributed by atoms with Crippen molar-refractivity contribution in [3.05, 3.63) is 0 Å². The average molecular weight is 330 g/mol. The molecule has 0 saturated carbocycles. The molecule has 0 spiro atoms. The predicted molar refractivity (Wildman–Crippen MR) is 90.9 cm³/mol. The van der Waals surface area contributed by atoms with Gasteiger partial charge in [-0.2, -0.15) is 0 Å². The molecular weight excluding hydrogens is 299 g/mol. The molecule has 0 fully saturated rings. The van der Waals surface area contributed by atoms with Crippen molar-refractivity contribution in [1.29, 1.82) is 0 Å². The molecule has 19 heavy (non-hydrogen) atoms.